The average Bonchev–Trinajstić information content (AvgIpc) is 3.39. The van der Waals surface area contributed by atoms with Crippen LogP contribution in [0, 0.1) is 4.77 Å². The van der Waals surface area contributed by atoms with E-state index in [9.17, 15) is 9.59 Å². The topological polar surface area (TPSA) is 74.2 Å². The molecule has 0 bridgehead atoms. The van der Waals surface area contributed by atoms with Crippen LogP contribution in [0.3, 0.4) is 0 Å². The van der Waals surface area contributed by atoms with Crippen LogP contribution in [0.25, 0.3) is 10.7 Å². The molecular weight excluding hydrogens is 418 g/mol. The van der Waals surface area contributed by atoms with Crippen molar-refractivity contribution in [2.45, 2.75) is 26.4 Å². The molecule has 0 spiro atoms. The Hall–Kier alpha value is -2.78. The Balaban J connectivity index is 1.64. The van der Waals surface area contributed by atoms with E-state index in [1.807, 2.05) is 41.1 Å². The molecule has 0 saturated heterocycles. The molecule has 158 valence electrons. The number of benzene rings is 1. The van der Waals surface area contributed by atoms with Crippen LogP contribution in [0.15, 0.2) is 41.8 Å². The number of thiophene rings is 1. The minimum Gasteiger partial charge on any atom is -0.345 e. The van der Waals surface area contributed by atoms with Gasteiger partial charge in [-0.15, -0.1) is 11.3 Å². The SMILES string of the molecule is CCN(Cc1ccc(C(=O)N(C)C)cc1)C(=O)CCn1c(-c2cccs2)n[nH]c1=S. The summed E-state index contributed by atoms with van der Waals surface area (Å²) in [7, 11) is 3.45. The molecule has 1 N–H and O–H groups in total. The smallest absolute Gasteiger partial charge is 0.253 e. The van der Waals surface area contributed by atoms with Gasteiger partial charge in [0, 0.05) is 45.7 Å². The summed E-state index contributed by atoms with van der Waals surface area (Å²) in [5, 5.41) is 9.11. The number of carbonyl (C=O) groups is 2. The quantitative estimate of drug-likeness (QED) is 0.537. The highest BCUT2D eigenvalue weighted by molar-refractivity contribution is 7.71. The van der Waals surface area contributed by atoms with Gasteiger partial charge in [-0.05, 0) is 48.3 Å². The third-order valence-electron chi connectivity index (χ3n) is 4.76. The van der Waals surface area contributed by atoms with Crippen molar-refractivity contribution in [3.05, 3.63) is 57.7 Å². The number of carbonyl (C=O) groups excluding carboxylic acids is 2. The van der Waals surface area contributed by atoms with Gasteiger partial charge in [0.2, 0.25) is 5.91 Å². The zero-order valence-electron chi connectivity index (χ0n) is 17.3. The Morgan fingerprint density at radius 2 is 1.93 bits per heavy atom. The van der Waals surface area contributed by atoms with Crippen molar-refractivity contribution in [3.63, 3.8) is 0 Å². The van der Waals surface area contributed by atoms with Crippen molar-refractivity contribution in [2.24, 2.45) is 0 Å². The monoisotopic (exact) mass is 443 g/mol. The van der Waals surface area contributed by atoms with Crippen molar-refractivity contribution in [3.8, 4) is 10.7 Å². The highest BCUT2D eigenvalue weighted by atomic mass is 32.1. The van der Waals surface area contributed by atoms with Gasteiger partial charge in [0.15, 0.2) is 10.6 Å². The van der Waals surface area contributed by atoms with Crippen LogP contribution in [0.1, 0.15) is 29.3 Å². The average molecular weight is 444 g/mol. The van der Waals surface area contributed by atoms with Gasteiger partial charge >= 0.3 is 0 Å². The fourth-order valence-electron chi connectivity index (χ4n) is 3.09. The number of nitrogens with zero attached hydrogens (tertiary/aromatic N) is 4. The molecule has 0 aliphatic heterocycles. The maximum Gasteiger partial charge on any atom is 0.253 e. The minimum atomic E-state index is -0.0385. The lowest BCUT2D eigenvalue weighted by atomic mass is 10.1. The van der Waals surface area contributed by atoms with Crippen LogP contribution in [0.4, 0.5) is 0 Å². The van der Waals surface area contributed by atoms with Gasteiger partial charge < -0.3 is 9.80 Å². The van der Waals surface area contributed by atoms with E-state index >= 15 is 0 Å². The zero-order valence-corrected chi connectivity index (χ0v) is 18.9. The molecule has 2 aromatic heterocycles. The van der Waals surface area contributed by atoms with Crippen molar-refractivity contribution < 1.29 is 9.59 Å². The van der Waals surface area contributed by atoms with Gasteiger partial charge in [0.05, 0.1) is 4.88 Å². The third-order valence-corrected chi connectivity index (χ3v) is 5.94. The minimum absolute atomic E-state index is 0.0385. The summed E-state index contributed by atoms with van der Waals surface area (Å²) in [6.45, 7) is 3.53. The van der Waals surface area contributed by atoms with Gasteiger partial charge in [0.25, 0.3) is 5.91 Å². The van der Waals surface area contributed by atoms with Crippen LogP contribution in [-0.2, 0) is 17.9 Å². The van der Waals surface area contributed by atoms with E-state index in [0.29, 0.717) is 36.4 Å². The normalized spacial score (nSPS) is 10.8. The Morgan fingerprint density at radius 3 is 2.53 bits per heavy atom. The second-order valence-corrected chi connectivity index (χ2v) is 8.37. The van der Waals surface area contributed by atoms with Gasteiger partial charge in [-0.3, -0.25) is 19.3 Å². The molecule has 2 heterocycles. The number of rotatable bonds is 8. The first kappa shape index (κ1) is 21.9. The molecule has 0 fully saturated rings. The molecular formula is C21H25N5O2S2. The maximum absolute atomic E-state index is 12.8. The molecule has 0 unspecified atom stereocenters. The summed E-state index contributed by atoms with van der Waals surface area (Å²) in [6.07, 6.45) is 0.331. The predicted octanol–water partition coefficient (Wildman–Crippen LogP) is 3.81. The maximum atomic E-state index is 12.8. The van der Waals surface area contributed by atoms with E-state index in [0.717, 1.165) is 16.3 Å². The van der Waals surface area contributed by atoms with Crippen LogP contribution in [0.5, 0.6) is 0 Å². The van der Waals surface area contributed by atoms with Crippen LogP contribution in [-0.4, -0.2) is 57.0 Å². The predicted molar refractivity (Wildman–Crippen MR) is 121 cm³/mol. The fraction of sp³-hybridized carbons (Fsp3) is 0.333. The Morgan fingerprint density at radius 1 is 1.20 bits per heavy atom. The van der Waals surface area contributed by atoms with Crippen molar-refractivity contribution >= 4 is 35.4 Å². The lowest BCUT2D eigenvalue weighted by Gasteiger charge is -2.21. The summed E-state index contributed by atoms with van der Waals surface area (Å²) in [4.78, 5) is 29.2. The molecule has 1 aromatic carbocycles. The first-order valence-corrected chi connectivity index (χ1v) is 11.0. The lowest BCUT2D eigenvalue weighted by molar-refractivity contribution is -0.131. The number of aromatic amines is 1. The number of hydrogen-bond acceptors (Lipinski definition) is 5. The Kier molecular flexibility index (Phi) is 7.17. The molecule has 9 heteroatoms. The van der Waals surface area contributed by atoms with Crippen molar-refractivity contribution in [2.75, 3.05) is 20.6 Å². The highest BCUT2D eigenvalue weighted by Crippen LogP contribution is 2.23. The van der Waals surface area contributed by atoms with Crippen LogP contribution < -0.4 is 0 Å². The lowest BCUT2D eigenvalue weighted by Crippen LogP contribution is -2.31. The summed E-state index contributed by atoms with van der Waals surface area (Å²) >= 11 is 6.93. The summed E-state index contributed by atoms with van der Waals surface area (Å²) < 4.78 is 2.38. The van der Waals surface area contributed by atoms with Gasteiger partial charge in [-0.25, -0.2) is 0 Å². The molecule has 30 heavy (non-hydrogen) atoms. The summed E-state index contributed by atoms with van der Waals surface area (Å²) in [5.41, 5.74) is 1.62. The van der Waals surface area contributed by atoms with E-state index in [2.05, 4.69) is 10.2 Å². The van der Waals surface area contributed by atoms with Gasteiger partial charge in [-0.1, -0.05) is 18.2 Å². The standard InChI is InChI=1S/C21H25N5O2S2/c1-4-25(14-15-7-9-16(10-8-15)20(28)24(2)3)18(27)11-12-26-19(22-23-21(26)29)17-6-5-13-30-17/h5-10,13H,4,11-12,14H2,1-3H3,(H,23,29). The second kappa shape index (κ2) is 9.82. The molecule has 0 aliphatic rings. The first-order chi connectivity index (χ1) is 14.4. The molecule has 0 atom stereocenters. The largest absolute Gasteiger partial charge is 0.345 e. The number of amides is 2. The van der Waals surface area contributed by atoms with Crippen LogP contribution in [0.2, 0.25) is 0 Å². The van der Waals surface area contributed by atoms with Gasteiger partial charge in [0.1, 0.15) is 0 Å². The molecule has 3 aromatic rings. The molecule has 3 rings (SSSR count). The second-order valence-electron chi connectivity index (χ2n) is 7.04. The van der Waals surface area contributed by atoms with E-state index < -0.39 is 0 Å². The van der Waals surface area contributed by atoms with Crippen molar-refractivity contribution in [1.29, 1.82) is 0 Å². The third kappa shape index (κ3) is 5.03. The van der Waals surface area contributed by atoms with Crippen molar-refractivity contribution in [1.82, 2.24) is 24.6 Å². The first-order valence-electron chi connectivity index (χ1n) is 9.68. The number of H-pyrrole nitrogens is 1. The highest BCUT2D eigenvalue weighted by Gasteiger charge is 2.16. The summed E-state index contributed by atoms with van der Waals surface area (Å²) in [6, 6.07) is 11.3. The summed E-state index contributed by atoms with van der Waals surface area (Å²) in [5.74, 6) is 0.765. The number of nitrogens with one attached hydrogen (secondary N) is 1. The molecule has 0 radical (unpaired) electrons. The van der Waals surface area contributed by atoms with E-state index in [1.165, 1.54) is 0 Å². The molecule has 7 nitrogen and oxygen atoms in total. The van der Waals surface area contributed by atoms with E-state index in [-0.39, 0.29) is 11.8 Å². The number of hydrogen-bond donors (Lipinski definition) is 1. The Bertz CT molecular complexity index is 1050. The molecule has 2 amide bonds. The number of aromatic nitrogens is 3. The Labute approximate surface area is 184 Å². The van der Waals surface area contributed by atoms with E-state index in [4.69, 9.17) is 12.2 Å². The van der Waals surface area contributed by atoms with E-state index in [1.54, 1.807) is 47.4 Å². The zero-order chi connectivity index (χ0) is 21.7. The van der Waals surface area contributed by atoms with Gasteiger partial charge in [-0.2, -0.15) is 5.10 Å². The molecule has 0 aliphatic carbocycles. The fourth-order valence-corrected chi connectivity index (χ4v) is 4.04. The van der Waals surface area contributed by atoms with Crippen LogP contribution >= 0.6 is 23.6 Å². The molecule has 0 saturated carbocycles.